The fourth-order valence-corrected chi connectivity index (χ4v) is 2.35. The number of esters is 1. The van der Waals surface area contributed by atoms with Crippen LogP contribution in [0, 0.1) is 0 Å². The van der Waals surface area contributed by atoms with E-state index in [0.29, 0.717) is 28.3 Å². The highest BCUT2D eigenvalue weighted by Crippen LogP contribution is 2.22. The molecule has 1 aromatic carbocycles. The van der Waals surface area contributed by atoms with Crippen molar-refractivity contribution in [2.24, 2.45) is 0 Å². The number of benzene rings is 1. The van der Waals surface area contributed by atoms with Gasteiger partial charge in [-0.3, -0.25) is 0 Å². The number of fused-ring (bicyclic) bond motifs is 1. The zero-order valence-corrected chi connectivity index (χ0v) is 13.5. The Labute approximate surface area is 137 Å². The van der Waals surface area contributed by atoms with Crippen molar-refractivity contribution in [1.82, 2.24) is 19.6 Å². The molecule has 0 atom stereocenters. The highest BCUT2D eigenvalue weighted by Gasteiger charge is 2.14. The number of hydrogen-bond donors (Lipinski definition) is 2. The van der Waals surface area contributed by atoms with Crippen LogP contribution < -0.4 is 11.0 Å². The Balaban J connectivity index is 2.17. The lowest BCUT2D eigenvalue weighted by Gasteiger charge is -2.11. The summed E-state index contributed by atoms with van der Waals surface area (Å²) in [5.41, 5.74) is 1.71. The lowest BCUT2D eigenvalue weighted by atomic mass is 10.1. The highest BCUT2D eigenvalue weighted by molar-refractivity contribution is 5.90. The van der Waals surface area contributed by atoms with E-state index in [9.17, 15) is 9.59 Å². The molecule has 0 saturated heterocycles. The fourth-order valence-electron chi connectivity index (χ4n) is 2.35. The van der Waals surface area contributed by atoms with Crippen LogP contribution in [0.2, 0.25) is 0 Å². The summed E-state index contributed by atoms with van der Waals surface area (Å²) in [4.78, 5) is 28.2. The Bertz CT molecular complexity index is 958. The van der Waals surface area contributed by atoms with E-state index in [2.05, 4.69) is 20.5 Å². The zero-order chi connectivity index (χ0) is 17.3. The number of H-pyrrole nitrogens is 1. The molecule has 3 rings (SSSR count). The van der Waals surface area contributed by atoms with Gasteiger partial charge in [0, 0.05) is 17.8 Å². The Morgan fingerprint density at radius 3 is 2.88 bits per heavy atom. The fraction of sp³-hybridized carbons (Fsp3) is 0.250. The van der Waals surface area contributed by atoms with Crippen LogP contribution in [0.3, 0.4) is 0 Å². The molecule has 0 fully saturated rings. The summed E-state index contributed by atoms with van der Waals surface area (Å²) in [7, 11) is 1.33. The molecule has 3 aromatic rings. The molecular weight excluding hydrogens is 310 g/mol. The predicted molar refractivity (Wildman–Crippen MR) is 89.1 cm³/mol. The van der Waals surface area contributed by atoms with Gasteiger partial charge in [0.15, 0.2) is 5.82 Å². The third kappa shape index (κ3) is 2.85. The number of nitrogens with zero attached hydrogens (tertiary/aromatic N) is 3. The molecule has 0 aliphatic heterocycles. The van der Waals surface area contributed by atoms with E-state index in [1.165, 1.54) is 11.5 Å². The number of aromatic amines is 1. The van der Waals surface area contributed by atoms with Gasteiger partial charge < -0.3 is 10.1 Å². The van der Waals surface area contributed by atoms with E-state index in [0.717, 1.165) is 0 Å². The number of nitrogens with one attached hydrogen (secondary N) is 2. The number of rotatable bonds is 4. The molecule has 0 aliphatic rings. The topological polar surface area (TPSA) is 101 Å². The van der Waals surface area contributed by atoms with Crippen LogP contribution in [-0.2, 0) is 4.74 Å². The summed E-state index contributed by atoms with van der Waals surface area (Å²) in [5, 5.41) is 9.58. The van der Waals surface area contributed by atoms with Crippen LogP contribution in [-0.4, -0.2) is 38.7 Å². The maximum absolute atomic E-state index is 11.9. The van der Waals surface area contributed by atoms with Crippen LogP contribution in [0.1, 0.15) is 24.2 Å². The van der Waals surface area contributed by atoms with Gasteiger partial charge in [-0.25, -0.2) is 24.1 Å². The van der Waals surface area contributed by atoms with Crippen molar-refractivity contribution in [2.75, 3.05) is 12.4 Å². The van der Waals surface area contributed by atoms with E-state index in [4.69, 9.17) is 4.74 Å². The molecule has 2 N–H and O–H groups in total. The van der Waals surface area contributed by atoms with Crippen molar-refractivity contribution >= 4 is 17.4 Å². The van der Waals surface area contributed by atoms with Gasteiger partial charge in [0.05, 0.1) is 18.4 Å². The molecule has 0 unspecified atom stereocenters. The number of methoxy groups -OCH3 is 1. The number of ether oxygens (including phenoxy) is 1. The normalized spacial score (nSPS) is 11.0. The Morgan fingerprint density at radius 1 is 1.38 bits per heavy atom. The molecule has 124 valence electrons. The van der Waals surface area contributed by atoms with Gasteiger partial charge >= 0.3 is 11.7 Å². The van der Waals surface area contributed by atoms with Gasteiger partial charge in [-0.05, 0) is 26.0 Å². The van der Waals surface area contributed by atoms with Gasteiger partial charge in [0.1, 0.15) is 0 Å². The summed E-state index contributed by atoms with van der Waals surface area (Å²) in [6, 6.07) is 6.99. The molecule has 0 spiro atoms. The van der Waals surface area contributed by atoms with Crippen molar-refractivity contribution in [3.63, 3.8) is 0 Å². The minimum atomic E-state index is -0.432. The maximum Gasteiger partial charge on any atom is 0.347 e. The molecule has 8 heteroatoms. The van der Waals surface area contributed by atoms with E-state index in [-0.39, 0.29) is 11.7 Å². The Morgan fingerprint density at radius 2 is 2.17 bits per heavy atom. The number of anilines is 1. The lowest BCUT2D eigenvalue weighted by Crippen LogP contribution is -2.15. The monoisotopic (exact) mass is 327 g/mol. The average molecular weight is 327 g/mol. The average Bonchev–Trinajstić information content (AvgIpc) is 2.95. The molecule has 0 radical (unpaired) electrons. The van der Waals surface area contributed by atoms with Crippen molar-refractivity contribution in [3.05, 3.63) is 46.5 Å². The molecule has 0 amide bonds. The summed E-state index contributed by atoms with van der Waals surface area (Å²) >= 11 is 0. The standard InChI is InChI=1S/C16H17N5O3/c1-9(2)17-13-14-19-20-16(23)21(14)8-12(18-13)10-5-4-6-11(7-10)15(22)24-3/h4-9H,1-3H3,(H,17,18)(H,20,23). The zero-order valence-electron chi connectivity index (χ0n) is 13.5. The van der Waals surface area contributed by atoms with Gasteiger partial charge in [0.2, 0.25) is 5.65 Å². The van der Waals surface area contributed by atoms with Crippen molar-refractivity contribution in [3.8, 4) is 11.3 Å². The van der Waals surface area contributed by atoms with Crippen LogP contribution in [0.4, 0.5) is 5.82 Å². The number of carbonyl (C=O) groups excluding carboxylic acids is 1. The lowest BCUT2D eigenvalue weighted by molar-refractivity contribution is 0.0601. The van der Waals surface area contributed by atoms with Crippen LogP contribution in [0.15, 0.2) is 35.3 Å². The summed E-state index contributed by atoms with van der Waals surface area (Å²) in [6.45, 7) is 3.93. The predicted octanol–water partition coefficient (Wildman–Crippen LogP) is 1.69. The molecule has 0 aliphatic carbocycles. The van der Waals surface area contributed by atoms with E-state index >= 15 is 0 Å². The Kier molecular flexibility index (Phi) is 4.03. The second-order valence-corrected chi connectivity index (χ2v) is 5.57. The first kappa shape index (κ1) is 15.7. The van der Waals surface area contributed by atoms with Crippen LogP contribution in [0.25, 0.3) is 16.9 Å². The summed E-state index contributed by atoms with van der Waals surface area (Å²) in [5.74, 6) is 0.0586. The first-order chi connectivity index (χ1) is 11.5. The second kappa shape index (κ2) is 6.15. The number of carbonyl (C=O) groups is 1. The van der Waals surface area contributed by atoms with Crippen LogP contribution in [0.5, 0.6) is 0 Å². The van der Waals surface area contributed by atoms with E-state index in [1.54, 1.807) is 24.4 Å². The van der Waals surface area contributed by atoms with Gasteiger partial charge in [0.25, 0.3) is 0 Å². The minimum Gasteiger partial charge on any atom is -0.465 e. The SMILES string of the molecule is COC(=O)c1cccc(-c2cn3c(=O)[nH]nc3c(NC(C)C)n2)c1. The summed E-state index contributed by atoms with van der Waals surface area (Å²) < 4.78 is 6.13. The first-order valence-electron chi connectivity index (χ1n) is 7.42. The molecule has 0 bridgehead atoms. The molecular formula is C16H17N5O3. The van der Waals surface area contributed by atoms with Crippen molar-refractivity contribution in [1.29, 1.82) is 0 Å². The third-order valence-corrected chi connectivity index (χ3v) is 3.40. The van der Waals surface area contributed by atoms with E-state index < -0.39 is 5.97 Å². The largest absolute Gasteiger partial charge is 0.465 e. The molecule has 24 heavy (non-hydrogen) atoms. The third-order valence-electron chi connectivity index (χ3n) is 3.40. The molecule has 0 saturated carbocycles. The second-order valence-electron chi connectivity index (χ2n) is 5.57. The smallest absolute Gasteiger partial charge is 0.347 e. The molecule has 2 heterocycles. The Hall–Kier alpha value is -3.16. The number of aromatic nitrogens is 4. The highest BCUT2D eigenvalue weighted by atomic mass is 16.5. The minimum absolute atomic E-state index is 0.116. The first-order valence-corrected chi connectivity index (χ1v) is 7.42. The van der Waals surface area contributed by atoms with Gasteiger partial charge in [-0.15, -0.1) is 5.10 Å². The van der Waals surface area contributed by atoms with Crippen molar-refractivity contribution in [2.45, 2.75) is 19.9 Å². The quantitative estimate of drug-likeness (QED) is 0.707. The van der Waals surface area contributed by atoms with Crippen molar-refractivity contribution < 1.29 is 9.53 Å². The number of hydrogen-bond acceptors (Lipinski definition) is 6. The van der Waals surface area contributed by atoms with E-state index in [1.807, 2.05) is 19.9 Å². The van der Waals surface area contributed by atoms with Gasteiger partial charge in [-0.2, -0.15) is 0 Å². The molecule has 8 nitrogen and oxygen atoms in total. The molecule has 2 aromatic heterocycles. The van der Waals surface area contributed by atoms with Gasteiger partial charge in [-0.1, -0.05) is 12.1 Å². The summed E-state index contributed by atoms with van der Waals surface area (Å²) in [6.07, 6.45) is 1.59. The van der Waals surface area contributed by atoms with Crippen LogP contribution >= 0.6 is 0 Å². The maximum atomic E-state index is 11.9.